The van der Waals surface area contributed by atoms with E-state index in [1.807, 2.05) is 29.2 Å². The van der Waals surface area contributed by atoms with Crippen molar-refractivity contribution < 1.29 is 14.7 Å². The predicted octanol–water partition coefficient (Wildman–Crippen LogP) is 0.940. The summed E-state index contributed by atoms with van der Waals surface area (Å²) in [5, 5.41) is 13.0. The lowest BCUT2D eigenvalue weighted by Crippen LogP contribution is -2.37. The Bertz CT molecular complexity index is 1210. The quantitative estimate of drug-likeness (QED) is 0.485. The van der Waals surface area contributed by atoms with Gasteiger partial charge in [0, 0.05) is 19.0 Å². The Labute approximate surface area is 173 Å². The molecule has 2 atom stereocenters. The fourth-order valence-electron chi connectivity index (χ4n) is 3.61. The highest BCUT2D eigenvalue weighted by Gasteiger charge is 2.34. The van der Waals surface area contributed by atoms with Crippen LogP contribution in [0.4, 0.5) is 5.13 Å². The van der Waals surface area contributed by atoms with Crippen LogP contribution in [0.1, 0.15) is 29.8 Å². The van der Waals surface area contributed by atoms with Crippen LogP contribution in [-0.4, -0.2) is 45.0 Å². The van der Waals surface area contributed by atoms with Crippen LogP contribution in [0.2, 0.25) is 0 Å². The first-order valence-electron chi connectivity index (χ1n) is 9.33. The number of fused-ring (bicyclic) bond motifs is 1. The van der Waals surface area contributed by atoms with E-state index >= 15 is 0 Å². The second-order valence-corrected chi connectivity index (χ2v) is 8.18. The van der Waals surface area contributed by atoms with Gasteiger partial charge in [-0.05, 0) is 31.4 Å². The summed E-state index contributed by atoms with van der Waals surface area (Å²) in [7, 11) is 1.69. The number of hydrogen-bond acceptors (Lipinski definition) is 7. The maximum absolute atomic E-state index is 12.9. The van der Waals surface area contributed by atoms with Gasteiger partial charge in [0.2, 0.25) is 11.7 Å². The van der Waals surface area contributed by atoms with E-state index < -0.39 is 28.6 Å². The minimum Gasteiger partial charge on any atom is -0.501 e. The van der Waals surface area contributed by atoms with E-state index in [0.717, 1.165) is 10.2 Å². The van der Waals surface area contributed by atoms with Gasteiger partial charge in [-0.1, -0.05) is 23.5 Å². The van der Waals surface area contributed by atoms with Crippen molar-refractivity contribution in [3.8, 4) is 5.75 Å². The van der Waals surface area contributed by atoms with E-state index in [9.17, 15) is 24.3 Å². The molecule has 0 aliphatic heterocycles. The zero-order valence-electron chi connectivity index (χ0n) is 16.0. The third-order valence-electron chi connectivity index (χ3n) is 5.16. The van der Waals surface area contributed by atoms with E-state index in [4.69, 9.17) is 0 Å². The minimum atomic E-state index is -1.04. The molecule has 4 N–H and O–H groups in total. The molecule has 30 heavy (non-hydrogen) atoms. The van der Waals surface area contributed by atoms with Crippen LogP contribution in [0.15, 0.2) is 33.9 Å². The molecule has 1 aliphatic carbocycles. The standard InChI is InChI=1S/C19H19N5O5S/c1-24(19-21-11-4-2-3-5-12(11)30-19)17(28)9-6-7-10(8-9)20-15(26)13-14(25)16(27)23-18(29)22-13/h2-5,9-10,25H,6-8H2,1H3,(H,20,26)(H2,22,23,27,29)/t9-,10-/m1/s1. The fourth-order valence-corrected chi connectivity index (χ4v) is 4.54. The normalized spacial score (nSPS) is 18.4. The van der Waals surface area contributed by atoms with Gasteiger partial charge in [0.05, 0.1) is 10.2 Å². The second kappa shape index (κ2) is 7.75. The summed E-state index contributed by atoms with van der Waals surface area (Å²) in [4.78, 5) is 58.1. The van der Waals surface area contributed by atoms with Crippen molar-refractivity contribution >= 4 is 38.5 Å². The average Bonchev–Trinajstić information content (AvgIpc) is 3.36. The van der Waals surface area contributed by atoms with Gasteiger partial charge in [0.1, 0.15) is 0 Å². The number of anilines is 1. The highest BCUT2D eigenvalue weighted by atomic mass is 32.1. The number of H-pyrrole nitrogens is 2. The number of nitrogens with one attached hydrogen (secondary N) is 3. The number of carbonyl (C=O) groups is 2. The number of amides is 2. The van der Waals surface area contributed by atoms with E-state index in [1.54, 1.807) is 11.9 Å². The first-order chi connectivity index (χ1) is 14.3. The predicted molar refractivity (Wildman–Crippen MR) is 111 cm³/mol. The lowest BCUT2D eigenvalue weighted by Gasteiger charge is -2.18. The Morgan fingerprint density at radius 2 is 2.00 bits per heavy atom. The number of thiazole rings is 1. The summed E-state index contributed by atoms with van der Waals surface area (Å²) in [6.45, 7) is 0. The topological polar surface area (TPSA) is 148 Å². The number of rotatable bonds is 4. The van der Waals surface area contributed by atoms with Gasteiger partial charge < -0.3 is 10.4 Å². The third kappa shape index (κ3) is 3.71. The molecule has 0 spiro atoms. The summed E-state index contributed by atoms with van der Waals surface area (Å²) in [5.41, 5.74) is -1.59. The molecule has 0 bridgehead atoms. The lowest BCUT2D eigenvalue weighted by atomic mass is 10.1. The molecule has 11 heteroatoms. The molecule has 10 nitrogen and oxygen atoms in total. The number of para-hydroxylation sites is 1. The average molecular weight is 429 g/mol. The maximum atomic E-state index is 12.9. The number of aromatic nitrogens is 3. The molecule has 2 amide bonds. The number of aromatic amines is 2. The van der Waals surface area contributed by atoms with Gasteiger partial charge in [-0.2, -0.15) is 0 Å². The number of benzene rings is 1. The van der Waals surface area contributed by atoms with Gasteiger partial charge in [0.15, 0.2) is 10.8 Å². The molecule has 1 aromatic carbocycles. The zero-order valence-corrected chi connectivity index (χ0v) is 16.8. The van der Waals surface area contributed by atoms with E-state index in [1.165, 1.54) is 11.3 Å². The minimum absolute atomic E-state index is 0.0850. The molecule has 0 radical (unpaired) electrons. The molecular weight excluding hydrogens is 410 g/mol. The monoisotopic (exact) mass is 429 g/mol. The van der Waals surface area contributed by atoms with Crippen LogP contribution in [0, 0.1) is 5.92 Å². The van der Waals surface area contributed by atoms with E-state index in [0.29, 0.717) is 24.4 Å². The summed E-state index contributed by atoms with van der Waals surface area (Å²) in [5.74, 6) is -2.00. The van der Waals surface area contributed by atoms with Crippen molar-refractivity contribution in [2.24, 2.45) is 5.92 Å². The number of aromatic hydroxyl groups is 1. The van der Waals surface area contributed by atoms with Gasteiger partial charge >= 0.3 is 5.69 Å². The number of carbonyl (C=O) groups excluding carboxylic acids is 2. The van der Waals surface area contributed by atoms with Crippen LogP contribution in [-0.2, 0) is 4.79 Å². The maximum Gasteiger partial charge on any atom is 0.326 e. The van der Waals surface area contributed by atoms with Crippen LogP contribution in [0.3, 0.4) is 0 Å². The highest BCUT2D eigenvalue weighted by molar-refractivity contribution is 7.22. The largest absolute Gasteiger partial charge is 0.501 e. The summed E-state index contributed by atoms with van der Waals surface area (Å²) in [6.07, 6.45) is 1.55. The Kier molecular flexibility index (Phi) is 5.12. The van der Waals surface area contributed by atoms with Crippen molar-refractivity contribution in [1.82, 2.24) is 20.3 Å². The van der Waals surface area contributed by atoms with Crippen molar-refractivity contribution in [3.05, 3.63) is 50.8 Å². The molecule has 1 saturated carbocycles. The van der Waals surface area contributed by atoms with Crippen molar-refractivity contribution in [2.75, 3.05) is 11.9 Å². The Morgan fingerprint density at radius 1 is 1.23 bits per heavy atom. The van der Waals surface area contributed by atoms with Crippen molar-refractivity contribution in [2.45, 2.75) is 25.3 Å². The third-order valence-corrected chi connectivity index (χ3v) is 6.27. The van der Waals surface area contributed by atoms with Crippen molar-refractivity contribution in [1.29, 1.82) is 0 Å². The Morgan fingerprint density at radius 3 is 2.77 bits per heavy atom. The summed E-state index contributed by atoms with van der Waals surface area (Å²) < 4.78 is 0.996. The molecule has 156 valence electrons. The first kappa shape index (κ1) is 19.8. The van der Waals surface area contributed by atoms with E-state index in [-0.39, 0.29) is 17.9 Å². The van der Waals surface area contributed by atoms with Crippen LogP contribution in [0.5, 0.6) is 5.75 Å². The molecular formula is C19H19N5O5S. The molecule has 1 fully saturated rings. The highest BCUT2D eigenvalue weighted by Crippen LogP contribution is 2.32. The fraction of sp³-hybridized carbons (Fsp3) is 0.316. The van der Waals surface area contributed by atoms with Gasteiger partial charge in [-0.3, -0.25) is 29.3 Å². The molecule has 2 aromatic heterocycles. The summed E-state index contributed by atoms with van der Waals surface area (Å²) >= 11 is 1.44. The molecule has 0 unspecified atom stereocenters. The van der Waals surface area contributed by atoms with Gasteiger partial charge in [-0.25, -0.2) is 9.78 Å². The smallest absolute Gasteiger partial charge is 0.326 e. The molecule has 4 rings (SSSR count). The number of nitrogens with zero attached hydrogens (tertiary/aromatic N) is 2. The Hall–Kier alpha value is -3.47. The summed E-state index contributed by atoms with van der Waals surface area (Å²) in [6, 6.07) is 7.33. The first-order valence-corrected chi connectivity index (χ1v) is 10.1. The van der Waals surface area contributed by atoms with Gasteiger partial charge in [0.25, 0.3) is 11.5 Å². The van der Waals surface area contributed by atoms with Crippen molar-refractivity contribution in [3.63, 3.8) is 0 Å². The zero-order chi connectivity index (χ0) is 21.4. The van der Waals surface area contributed by atoms with Crippen LogP contribution in [0.25, 0.3) is 10.2 Å². The number of hydrogen-bond donors (Lipinski definition) is 4. The van der Waals surface area contributed by atoms with Crippen LogP contribution < -0.4 is 21.5 Å². The van der Waals surface area contributed by atoms with Gasteiger partial charge in [-0.15, -0.1) is 0 Å². The molecule has 0 saturated heterocycles. The second-order valence-electron chi connectivity index (χ2n) is 7.17. The molecule has 3 aromatic rings. The van der Waals surface area contributed by atoms with E-state index in [2.05, 4.69) is 15.3 Å². The molecule has 1 aliphatic rings. The Balaban J connectivity index is 1.42. The molecule has 2 heterocycles. The lowest BCUT2D eigenvalue weighted by molar-refractivity contribution is -0.121. The SMILES string of the molecule is CN(C(=O)[C@@H]1CC[C@@H](NC(=O)c2[nH]c(=O)[nH]c(=O)c2O)C1)c1nc2ccccc2s1. The van der Waals surface area contributed by atoms with Crippen LogP contribution >= 0.6 is 11.3 Å².